The zero-order valence-corrected chi connectivity index (χ0v) is 15.2. The summed E-state index contributed by atoms with van der Waals surface area (Å²) in [5.41, 5.74) is 1.32. The van der Waals surface area contributed by atoms with Crippen LogP contribution in [0, 0.1) is 0 Å². The Hall–Kier alpha value is -1.88. The Bertz CT molecular complexity index is 590. The summed E-state index contributed by atoms with van der Waals surface area (Å²) in [4.78, 5) is 30.6. The van der Waals surface area contributed by atoms with E-state index in [9.17, 15) is 9.59 Å². The minimum Gasteiger partial charge on any atom is -0.342 e. The van der Waals surface area contributed by atoms with Crippen molar-refractivity contribution >= 4 is 11.8 Å². The first-order valence-corrected chi connectivity index (χ1v) is 9.47. The SMILES string of the molecule is C[C@H]1CN(Cc2ccccc2)CCCN1C(=O)CCN1CCCC1=O. The van der Waals surface area contributed by atoms with Crippen molar-refractivity contribution < 1.29 is 9.59 Å². The van der Waals surface area contributed by atoms with Crippen LogP contribution in [-0.2, 0) is 16.1 Å². The summed E-state index contributed by atoms with van der Waals surface area (Å²) in [6.45, 7) is 7.22. The van der Waals surface area contributed by atoms with Crippen molar-refractivity contribution in [3.8, 4) is 0 Å². The molecule has 2 amide bonds. The summed E-state index contributed by atoms with van der Waals surface area (Å²) in [6.07, 6.45) is 3.03. The molecule has 0 unspecified atom stereocenters. The third-order valence-electron chi connectivity index (χ3n) is 5.26. The highest BCUT2D eigenvalue weighted by Gasteiger charge is 2.27. The lowest BCUT2D eigenvalue weighted by Gasteiger charge is -2.30. The summed E-state index contributed by atoms with van der Waals surface area (Å²) >= 11 is 0. The predicted molar refractivity (Wildman–Crippen MR) is 97.9 cm³/mol. The second-order valence-corrected chi connectivity index (χ2v) is 7.24. The zero-order chi connectivity index (χ0) is 17.6. The lowest BCUT2D eigenvalue weighted by Crippen LogP contribution is -2.43. The Kier molecular flexibility index (Phi) is 6.08. The van der Waals surface area contributed by atoms with Crippen molar-refractivity contribution in [1.82, 2.24) is 14.7 Å². The lowest BCUT2D eigenvalue weighted by molar-refractivity contribution is -0.134. The van der Waals surface area contributed by atoms with Gasteiger partial charge in [0.05, 0.1) is 0 Å². The molecule has 25 heavy (non-hydrogen) atoms. The maximum atomic E-state index is 12.7. The molecule has 1 aromatic carbocycles. The van der Waals surface area contributed by atoms with Crippen molar-refractivity contribution in [2.75, 3.05) is 32.7 Å². The van der Waals surface area contributed by atoms with E-state index in [1.807, 2.05) is 15.9 Å². The third kappa shape index (κ3) is 4.82. The smallest absolute Gasteiger partial charge is 0.224 e. The number of carbonyl (C=O) groups is 2. The summed E-state index contributed by atoms with van der Waals surface area (Å²) in [7, 11) is 0. The molecule has 0 N–H and O–H groups in total. The molecule has 5 heteroatoms. The highest BCUT2D eigenvalue weighted by atomic mass is 16.2. The van der Waals surface area contributed by atoms with Crippen LogP contribution in [0.1, 0.15) is 38.2 Å². The van der Waals surface area contributed by atoms with Crippen LogP contribution in [0.25, 0.3) is 0 Å². The third-order valence-corrected chi connectivity index (χ3v) is 5.26. The Morgan fingerprint density at radius 2 is 1.92 bits per heavy atom. The summed E-state index contributed by atoms with van der Waals surface area (Å²) < 4.78 is 0. The lowest BCUT2D eigenvalue weighted by atomic mass is 10.2. The molecule has 1 aromatic rings. The number of carbonyl (C=O) groups excluding carboxylic acids is 2. The number of benzene rings is 1. The van der Waals surface area contributed by atoms with Gasteiger partial charge < -0.3 is 9.80 Å². The number of hydrogen-bond acceptors (Lipinski definition) is 3. The van der Waals surface area contributed by atoms with Gasteiger partial charge in [-0.1, -0.05) is 30.3 Å². The van der Waals surface area contributed by atoms with Crippen LogP contribution in [0.3, 0.4) is 0 Å². The van der Waals surface area contributed by atoms with E-state index in [1.54, 1.807) is 0 Å². The van der Waals surface area contributed by atoms with E-state index in [2.05, 4.69) is 36.1 Å². The van der Waals surface area contributed by atoms with Gasteiger partial charge in [-0.3, -0.25) is 14.5 Å². The average Bonchev–Trinajstić information content (AvgIpc) is 2.92. The Morgan fingerprint density at radius 3 is 2.64 bits per heavy atom. The first kappa shape index (κ1) is 17.9. The molecule has 136 valence electrons. The average molecular weight is 343 g/mol. The van der Waals surface area contributed by atoms with E-state index in [1.165, 1.54) is 5.56 Å². The number of amides is 2. The van der Waals surface area contributed by atoms with Gasteiger partial charge >= 0.3 is 0 Å². The number of likely N-dealkylation sites (tertiary alicyclic amines) is 1. The van der Waals surface area contributed by atoms with E-state index in [4.69, 9.17) is 0 Å². The van der Waals surface area contributed by atoms with Crippen LogP contribution in [0.15, 0.2) is 30.3 Å². The summed E-state index contributed by atoms with van der Waals surface area (Å²) in [5.74, 6) is 0.388. The zero-order valence-electron chi connectivity index (χ0n) is 15.2. The van der Waals surface area contributed by atoms with Crippen LogP contribution in [-0.4, -0.2) is 65.3 Å². The Morgan fingerprint density at radius 1 is 1.12 bits per heavy atom. The fourth-order valence-electron chi connectivity index (χ4n) is 3.92. The molecule has 0 radical (unpaired) electrons. The second kappa shape index (κ2) is 8.48. The highest BCUT2D eigenvalue weighted by molar-refractivity contribution is 5.80. The molecular formula is C20H29N3O2. The molecule has 2 fully saturated rings. The second-order valence-electron chi connectivity index (χ2n) is 7.24. The molecule has 0 spiro atoms. The van der Waals surface area contributed by atoms with E-state index >= 15 is 0 Å². The maximum absolute atomic E-state index is 12.7. The van der Waals surface area contributed by atoms with Gasteiger partial charge in [-0.2, -0.15) is 0 Å². The minimum atomic E-state index is 0.189. The van der Waals surface area contributed by atoms with Gasteiger partial charge in [0.2, 0.25) is 11.8 Å². The number of hydrogen-bond donors (Lipinski definition) is 0. The molecule has 3 rings (SSSR count). The normalized spacial score (nSPS) is 22.3. The van der Waals surface area contributed by atoms with Crippen molar-refractivity contribution in [3.05, 3.63) is 35.9 Å². The molecule has 0 bridgehead atoms. The topological polar surface area (TPSA) is 43.9 Å². The van der Waals surface area contributed by atoms with Crippen LogP contribution in [0.4, 0.5) is 0 Å². The maximum Gasteiger partial charge on any atom is 0.224 e. The van der Waals surface area contributed by atoms with Gasteiger partial charge in [0.15, 0.2) is 0 Å². The molecule has 2 heterocycles. The van der Waals surface area contributed by atoms with Crippen LogP contribution >= 0.6 is 0 Å². The van der Waals surface area contributed by atoms with Gasteiger partial charge in [0, 0.05) is 58.2 Å². The standard InChI is InChI=1S/C20H29N3O2/c1-17-15-21(16-18-7-3-2-4-8-18)11-6-13-23(17)20(25)10-14-22-12-5-9-19(22)24/h2-4,7-8,17H,5-6,9-16H2,1H3/t17-/m0/s1. The van der Waals surface area contributed by atoms with E-state index in [0.717, 1.165) is 45.6 Å². The molecule has 0 saturated carbocycles. The molecule has 2 aliphatic heterocycles. The van der Waals surface area contributed by atoms with Crippen LogP contribution in [0.2, 0.25) is 0 Å². The van der Waals surface area contributed by atoms with Gasteiger partial charge in [0.25, 0.3) is 0 Å². The molecule has 5 nitrogen and oxygen atoms in total. The molecule has 0 aromatic heterocycles. The fourth-order valence-corrected chi connectivity index (χ4v) is 3.92. The van der Waals surface area contributed by atoms with Crippen molar-refractivity contribution in [2.45, 2.75) is 45.2 Å². The fraction of sp³-hybridized carbons (Fsp3) is 0.600. The van der Waals surface area contributed by atoms with Crippen molar-refractivity contribution in [1.29, 1.82) is 0 Å². The van der Waals surface area contributed by atoms with Crippen molar-refractivity contribution in [2.24, 2.45) is 0 Å². The first-order chi connectivity index (χ1) is 12.1. The number of nitrogens with zero attached hydrogens (tertiary/aromatic N) is 3. The quantitative estimate of drug-likeness (QED) is 0.823. The molecule has 0 aliphatic carbocycles. The number of rotatable bonds is 5. The minimum absolute atomic E-state index is 0.189. The monoisotopic (exact) mass is 343 g/mol. The van der Waals surface area contributed by atoms with Gasteiger partial charge in [-0.15, -0.1) is 0 Å². The van der Waals surface area contributed by atoms with Gasteiger partial charge in [-0.25, -0.2) is 0 Å². The van der Waals surface area contributed by atoms with Crippen molar-refractivity contribution in [3.63, 3.8) is 0 Å². The first-order valence-electron chi connectivity index (χ1n) is 9.47. The predicted octanol–water partition coefficient (Wildman–Crippen LogP) is 2.12. The van der Waals surface area contributed by atoms with E-state index in [0.29, 0.717) is 19.4 Å². The Balaban J connectivity index is 1.51. The summed E-state index contributed by atoms with van der Waals surface area (Å²) in [6, 6.07) is 10.7. The molecule has 1 atom stereocenters. The van der Waals surface area contributed by atoms with E-state index < -0.39 is 0 Å². The van der Waals surface area contributed by atoms with E-state index in [-0.39, 0.29) is 17.9 Å². The van der Waals surface area contributed by atoms with Gasteiger partial charge in [0.1, 0.15) is 0 Å². The molecule has 2 saturated heterocycles. The van der Waals surface area contributed by atoms with Gasteiger partial charge in [-0.05, 0) is 25.3 Å². The highest BCUT2D eigenvalue weighted by Crippen LogP contribution is 2.16. The largest absolute Gasteiger partial charge is 0.342 e. The van der Waals surface area contributed by atoms with Crippen LogP contribution in [0.5, 0.6) is 0 Å². The Labute approximate surface area is 150 Å². The summed E-state index contributed by atoms with van der Waals surface area (Å²) in [5, 5.41) is 0. The molecule has 2 aliphatic rings. The molecular weight excluding hydrogens is 314 g/mol. The van der Waals surface area contributed by atoms with Crippen LogP contribution < -0.4 is 0 Å².